The van der Waals surface area contributed by atoms with Crippen molar-refractivity contribution in [1.29, 1.82) is 0 Å². The Bertz CT molecular complexity index is 901. The molecule has 0 radical (unpaired) electrons. The number of alkyl halides is 3. The van der Waals surface area contributed by atoms with Crippen molar-refractivity contribution in [1.82, 2.24) is 19.7 Å². The van der Waals surface area contributed by atoms with Crippen molar-refractivity contribution in [2.75, 3.05) is 19.8 Å². The van der Waals surface area contributed by atoms with Crippen LogP contribution in [0.3, 0.4) is 0 Å². The average molecular weight is 408 g/mol. The molecule has 0 saturated carbocycles. The van der Waals surface area contributed by atoms with Crippen molar-refractivity contribution in [3.8, 4) is 0 Å². The second-order valence-corrected chi connectivity index (χ2v) is 7.77. The number of halogens is 3. The van der Waals surface area contributed by atoms with E-state index in [9.17, 15) is 18.0 Å². The molecule has 6 nitrogen and oxygen atoms in total. The summed E-state index contributed by atoms with van der Waals surface area (Å²) in [5, 5.41) is 7.10. The maximum Gasteiger partial charge on any atom is 0.451 e. The first-order valence-electron chi connectivity index (χ1n) is 9.70. The normalized spacial score (nSPS) is 21.7. The summed E-state index contributed by atoms with van der Waals surface area (Å²) in [4.78, 5) is 15.4. The lowest BCUT2D eigenvalue weighted by Gasteiger charge is -2.43. The molecule has 156 valence electrons. The van der Waals surface area contributed by atoms with Gasteiger partial charge in [0, 0.05) is 26.3 Å². The maximum atomic E-state index is 13.8. The summed E-state index contributed by atoms with van der Waals surface area (Å²) >= 11 is 0. The fourth-order valence-corrected chi connectivity index (χ4v) is 4.37. The van der Waals surface area contributed by atoms with Crippen molar-refractivity contribution < 1.29 is 22.7 Å². The standard InChI is InChI=1S/C20H23F3N4O2/c1-13-3-5-15(6-4-13)19(7-11-29-12-8-19)18(28)26-9-10-27-16(14(26)2)24-25-17(27)20(21,22)23/h3-6,14H,7-12H2,1-2H3. The summed E-state index contributed by atoms with van der Waals surface area (Å²) in [7, 11) is 0. The van der Waals surface area contributed by atoms with Gasteiger partial charge in [-0.3, -0.25) is 4.79 Å². The van der Waals surface area contributed by atoms with Crippen molar-refractivity contribution in [3.05, 3.63) is 47.0 Å². The van der Waals surface area contributed by atoms with Crippen LogP contribution in [0.2, 0.25) is 0 Å². The first-order valence-corrected chi connectivity index (χ1v) is 9.70. The lowest BCUT2D eigenvalue weighted by atomic mass is 9.72. The quantitative estimate of drug-likeness (QED) is 0.766. The van der Waals surface area contributed by atoms with E-state index in [4.69, 9.17) is 4.74 Å². The molecule has 3 heterocycles. The van der Waals surface area contributed by atoms with E-state index in [1.165, 1.54) is 0 Å². The first-order chi connectivity index (χ1) is 13.7. The molecule has 0 aliphatic carbocycles. The number of benzene rings is 1. The van der Waals surface area contributed by atoms with Gasteiger partial charge < -0.3 is 14.2 Å². The number of nitrogens with zero attached hydrogens (tertiary/aromatic N) is 4. The fraction of sp³-hybridized carbons (Fsp3) is 0.550. The van der Waals surface area contributed by atoms with Gasteiger partial charge in [0.15, 0.2) is 5.82 Å². The van der Waals surface area contributed by atoms with E-state index in [2.05, 4.69) is 10.2 Å². The van der Waals surface area contributed by atoms with Gasteiger partial charge in [0.05, 0.1) is 11.5 Å². The number of aromatic nitrogens is 3. The van der Waals surface area contributed by atoms with E-state index in [0.717, 1.165) is 15.7 Å². The van der Waals surface area contributed by atoms with Crippen molar-refractivity contribution >= 4 is 5.91 Å². The Morgan fingerprint density at radius 3 is 2.41 bits per heavy atom. The second kappa shape index (κ2) is 7.12. The Kier molecular flexibility index (Phi) is 4.88. The van der Waals surface area contributed by atoms with Gasteiger partial charge in [-0.1, -0.05) is 29.8 Å². The van der Waals surface area contributed by atoms with Crippen molar-refractivity contribution in [2.24, 2.45) is 0 Å². The van der Waals surface area contributed by atoms with Gasteiger partial charge in [-0.05, 0) is 32.3 Å². The van der Waals surface area contributed by atoms with Gasteiger partial charge in [0.1, 0.15) is 0 Å². The molecule has 2 aromatic rings. The first kappa shape index (κ1) is 19.9. The van der Waals surface area contributed by atoms with Crippen LogP contribution >= 0.6 is 0 Å². The number of fused-ring (bicyclic) bond motifs is 1. The van der Waals surface area contributed by atoms with Crippen molar-refractivity contribution in [3.63, 3.8) is 0 Å². The summed E-state index contributed by atoms with van der Waals surface area (Å²) < 4.78 is 46.1. The molecular formula is C20H23F3N4O2. The van der Waals surface area contributed by atoms with Crippen LogP contribution in [0.1, 0.15) is 48.6 Å². The molecule has 1 aromatic heterocycles. The number of amides is 1. The third-order valence-electron chi connectivity index (χ3n) is 6.06. The van der Waals surface area contributed by atoms with Crippen LogP contribution in [-0.4, -0.2) is 45.3 Å². The Morgan fingerprint density at radius 2 is 1.79 bits per heavy atom. The molecule has 1 unspecified atom stereocenters. The third kappa shape index (κ3) is 3.31. The molecule has 4 rings (SSSR count). The maximum absolute atomic E-state index is 13.8. The molecule has 0 spiro atoms. The summed E-state index contributed by atoms with van der Waals surface area (Å²) in [5.41, 5.74) is 1.28. The lowest BCUT2D eigenvalue weighted by Crippen LogP contribution is -2.53. The summed E-state index contributed by atoms with van der Waals surface area (Å²) in [5.74, 6) is -0.922. The topological polar surface area (TPSA) is 60.2 Å². The van der Waals surface area contributed by atoms with Crippen molar-refractivity contribution in [2.45, 2.75) is 50.9 Å². The molecule has 1 atom stereocenters. The highest BCUT2D eigenvalue weighted by Gasteiger charge is 2.48. The zero-order valence-electron chi connectivity index (χ0n) is 16.4. The predicted octanol–water partition coefficient (Wildman–Crippen LogP) is 3.26. The molecule has 0 bridgehead atoms. The Hall–Kier alpha value is -2.42. The van der Waals surface area contributed by atoms with Crippen LogP contribution < -0.4 is 0 Å². The highest BCUT2D eigenvalue weighted by Crippen LogP contribution is 2.40. The Balaban J connectivity index is 1.69. The molecule has 29 heavy (non-hydrogen) atoms. The highest BCUT2D eigenvalue weighted by atomic mass is 19.4. The molecule has 2 aliphatic rings. The number of carbonyl (C=O) groups excluding carboxylic acids is 1. The second-order valence-electron chi connectivity index (χ2n) is 7.77. The minimum atomic E-state index is -4.57. The molecular weight excluding hydrogens is 385 g/mol. The summed E-state index contributed by atoms with van der Waals surface area (Å²) in [6, 6.07) is 7.30. The molecule has 2 aliphatic heterocycles. The SMILES string of the molecule is Cc1ccc(C2(C(=O)N3CCn4c(nnc4C(F)(F)F)C3C)CCOCC2)cc1. The van der Waals surface area contributed by atoms with Crippen LogP contribution in [0.15, 0.2) is 24.3 Å². The zero-order valence-corrected chi connectivity index (χ0v) is 16.4. The molecule has 1 amide bonds. The monoisotopic (exact) mass is 408 g/mol. The molecule has 9 heteroatoms. The van der Waals surface area contributed by atoms with E-state index in [1.807, 2.05) is 31.2 Å². The van der Waals surface area contributed by atoms with Crippen LogP contribution in [0.5, 0.6) is 0 Å². The van der Waals surface area contributed by atoms with Crippen LogP contribution in [0, 0.1) is 6.92 Å². The Morgan fingerprint density at radius 1 is 1.14 bits per heavy atom. The van der Waals surface area contributed by atoms with E-state index in [-0.39, 0.29) is 24.8 Å². The van der Waals surface area contributed by atoms with E-state index in [0.29, 0.717) is 26.1 Å². The van der Waals surface area contributed by atoms with Gasteiger partial charge in [-0.2, -0.15) is 13.2 Å². The van der Waals surface area contributed by atoms with Crippen LogP contribution in [0.25, 0.3) is 0 Å². The third-order valence-corrected chi connectivity index (χ3v) is 6.06. The van der Waals surface area contributed by atoms with Gasteiger partial charge in [0.2, 0.25) is 11.7 Å². The van der Waals surface area contributed by atoms with Crippen LogP contribution in [0.4, 0.5) is 13.2 Å². The fourth-order valence-electron chi connectivity index (χ4n) is 4.37. The number of ether oxygens (including phenoxy) is 1. The number of aryl methyl sites for hydroxylation is 1. The van der Waals surface area contributed by atoms with Gasteiger partial charge in [0.25, 0.3) is 0 Å². The number of hydrogen-bond acceptors (Lipinski definition) is 4. The average Bonchev–Trinajstić information content (AvgIpc) is 3.14. The summed E-state index contributed by atoms with van der Waals surface area (Å²) in [6.07, 6.45) is -3.49. The summed E-state index contributed by atoms with van der Waals surface area (Å²) in [6.45, 7) is 4.84. The van der Waals surface area contributed by atoms with Gasteiger partial charge in [-0.15, -0.1) is 10.2 Å². The minimum Gasteiger partial charge on any atom is -0.381 e. The van der Waals surface area contributed by atoms with E-state index in [1.54, 1.807) is 11.8 Å². The smallest absolute Gasteiger partial charge is 0.381 e. The van der Waals surface area contributed by atoms with Crippen LogP contribution in [-0.2, 0) is 27.7 Å². The number of carbonyl (C=O) groups is 1. The minimum absolute atomic E-state index is 0.0216. The predicted molar refractivity (Wildman–Crippen MR) is 98.1 cm³/mol. The lowest BCUT2D eigenvalue weighted by molar-refractivity contribution is -0.149. The molecule has 1 aromatic carbocycles. The van der Waals surface area contributed by atoms with Gasteiger partial charge in [-0.25, -0.2) is 0 Å². The number of hydrogen-bond donors (Lipinski definition) is 0. The highest BCUT2D eigenvalue weighted by molar-refractivity contribution is 5.89. The molecule has 0 N–H and O–H groups in total. The largest absolute Gasteiger partial charge is 0.451 e. The zero-order chi connectivity index (χ0) is 20.8. The van der Waals surface area contributed by atoms with E-state index < -0.39 is 23.5 Å². The molecule has 1 fully saturated rings. The Labute approximate surface area is 166 Å². The number of rotatable bonds is 2. The van der Waals surface area contributed by atoms with Gasteiger partial charge >= 0.3 is 6.18 Å². The molecule has 1 saturated heterocycles. The van der Waals surface area contributed by atoms with E-state index >= 15 is 0 Å².